The van der Waals surface area contributed by atoms with E-state index in [4.69, 9.17) is 0 Å². The smallest absolute Gasteiger partial charge is 0.258 e. The van der Waals surface area contributed by atoms with Crippen molar-refractivity contribution in [1.29, 1.82) is 0 Å². The lowest BCUT2D eigenvalue weighted by Gasteiger charge is -2.17. The van der Waals surface area contributed by atoms with E-state index in [0.29, 0.717) is 5.39 Å². The Hall–Kier alpha value is -1.64. The van der Waals surface area contributed by atoms with Crippen LogP contribution in [0.25, 0.3) is 10.9 Å². The number of benzene rings is 1. The maximum absolute atomic E-state index is 11.8. The fourth-order valence-corrected chi connectivity index (χ4v) is 1.61. The topological polar surface area (TPSA) is 45.8 Å². The first-order valence-corrected chi connectivity index (χ1v) is 7.87. The molecule has 3 heteroatoms. The number of fused-ring (bicyclic) bond motifs is 1. The number of nitrogens with one attached hydrogen (secondary N) is 1. The minimum atomic E-state index is -0.136. The van der Waals surface area contributed by atoms with Gasteiger partial charge in [-0.15, -0.1) is 0 Å². The molecular weight excluding hydrogens is 260 g/mol. The summed E-state index contributed by atoms with van der Waals surface area (Å²) in [6, 6.07) is 7.38. The van der Waals surface area contributed by atoms with Crippen LogP contribution in [-0.2, 0) is 5.41 Å². The van der Waals surface area contributed by atoms with Gasteiger partial charge in [0, 0.05) is 5.41 Å². The van der Waals surface area contributed by atoms with Crippen molar-refractivity contribution in [2.75, 3.05) is 0 Å². The van der Waals surface area contributed by atoms with Gasteiger partial charge in [-0.1, -0.05) is 66.5 Å². The lowest BCUT2D eigenvalue weighted by molar-refractivity contribution is 0.546. The summed E-state index contributed by atoms with van der Waals surface area (Å²) in [4.78, 5) is 19.0. The fraction of sp³-hybridized carbons (Fsp3) is 0.556. The van der Waals surface area contributed by atoms with Crippen molar-refractivity contribution in [2.24, 2.45) is 5.92 Å². The monoisotopic (exact) mass is 288 g/mol. The van der Waals surface area contributed by atoms with Crippen molar-refractivity contribution in [3.8, 4) is 0 Å². The predicted octanol–water partition coefficient (Wildman–Crippen LogP) is 4.66. The molecule has 0 saturated heterocycles. The van der Waals surface area contributed by atoms with Gasteiger partial charge in [-0.2, -0.15) is 0 Å². The molecule has 21 heavy (non-hydrogen) atoms. The molecule has 116 valence electrons. The number of hydrogen-bond acceptors (Lipinski definition) is 2. The maximum atomic E-state index is 11.8. The van der Waals surface area contributed by atoms with Gasteiger partial charge in [-0.05, 0) is 18.1 Å². The van der Waals surface area contributed by atoms with Crippen molar-refractivity contribution in [1.82, 2.24) is 9.97 Å². The Morgan fingerprint density at radius 1 is 1.14 bits per heavy atom. The second-order valence-corrected chi connectivity index (χ2v) is 6.36. The molecule has 0 amide bonds. The first kappa shape index (κ1) is 17.4. The lowest BCUT2D eigenvalue weighted by atomic mass is 9.95. The molecule has 0 radical (unpaired) electrons. The van der Waals surface area contributed by atoms with Crippen LogP contribution in [0.15, 0.2) is 29.1 Å². The van der Waals surface area contributed by atoms with E-state index >= 15 is 0 Å². The molecule has 0 bridgehead atoms. The fourth-order valence-electron chi connectivity index (χ4n) is 1.61. The van der Waals surface area contributed by atoms with Crippen LogP contribution in [0.2, 0.25) is 0 Å². The number of aromatic nitrogens is 2. The van der Waals surface area contributed by atoms with E-state index < -0.39 is 0 Å². The van der Waals surface area contributed by atoms with Gasteiger partial charge < -0.3 is 4.98 Å². The Labute approximate surface area is 127 Å². The zero-order chi connectivity index (χ0) is 16.0. The summed E-state index contributed by atoms with van der Waals surface area (Å²) in [7, 11) is 0. The Kier molecular flexibility index (Phi) is 6.13. The lowest BCUT2D eigenvalue weighted by Crippen LogP contribution is -2.21. The summed E-state index contributed by atoms with van der Waals surface area (Å²) >= 11 is 0. The average molecular weight is 288 g/mol. The number of H-pyrrole nitrogens is 1. The molecule has 2 aromatic rings. The SMILES string of the molecule is CC.CC(C)(C)c1nc2ccccc2c(=O)[nH]1.CC1CC1. The highest BCUT2D eigenvalue weighted by Crippen LogP contribution is 2.26. The van der Waals surface area contributed by atoms with E-state index in [1.807, 2.05) is 52.8 Å². The van der Waals surface area contributed by atoms with E-state index in [9.17, 15) is 4.79 Å². The molecule has 1 fully saturated rings. The highest BCUT2D eigenvalue weighted by Gasteiger charge is 2.17. The summed E-state index contributed by atoms with van der Waals surface area (Å²) < 4.78 is 0. The van der Waals surface area contributed by atoms with Gasteiger partial charge in [0.05, 0.1) is 10.9 Å². The third-order valence-electron chi connectivity index (χ3n) is 3.19. The van der Waals surface area contributed by atoms with Crippen molar-refractivity contribution < 1.29 is 0 Å². The van der Waals surface area contributed by atoms with Crippen LogP contribution < -0.4 is 5.56 Å². The zero-order valence-electron chi connectivity index (χ0n) is 14.2. The Balaban J connectivity index is 0.000000310. The number of hydrogen-bond donors (Lipinski definition) is 1. The standard InChI is InChI=1S/C12H14N2O.C4H8.C2H6/c1-12(2,3)11-13-9-7-5-4-6-8(9)10(15)14-11;1-4-2-3-4;1-2/h4-7H,1-3H3,(H,13,14,15);4H,2-3H2,1H3;1-2H3. The second-order valence-electron chi connectivity index (χ2n) is 6.36. The van der Waals surface area contributed by atoms with Crippen LogP contribution in [-0.4, -0.2) is 9.97 Å². The molecule has 1 saturated carbocycles. The normalized spacial score (nSPS) is 13.8. The molecule has 0 aliphatic heterocycles. The van der Waals surface area contributed by atoms with Crippen LogP contribution in [0.4, 0.5) is 0 Å². The third-order valence-corrected chi connectivity index (χ3v) is 3.19. The summed E-state index contributed by atoms with van der Waals surface area (Å²) in [5.74, 6) is 1.81. The summed E-state index contributed by atoms with van der Waals surface area (Å²) in [6.45, 7) is 12.4. The van der Waals surface area contributed by atoms with E-state index in [1.54, 1.807) is 6.07 Å². The maximum Gasteiger partial charge on any atom is 0.258 e. The molecule has 0 atom stereocenters. The number of rotatable bonds is 0. The molecule has 3 rings (SSSR count). The van der Waals surface area contributed by atoms with E-state index in [0.717, 1.165) is 17.3 Å². The highest BCUT2D eigenvalue weighted by molar-refractivity contribution is 5.77. The van der Waals surface area contributed by atoms with Crippen LogP contribution in [0.3, 0.4) is 0 Å². The van der Waals surface area contributed by atoms with Crippen molar-refractivity contribution >= 4 is 10.9 Å². The number of aromatic amines is 1. The Morgan fingerprint density at radius 3 is 2.14 bits per heavy atom. The molecule has 1 aliphatic carbocycles. The number of nitrogens with zero attached hydrogens (tertiary/aromatic N) is 1. The van der Waals surface area contributed by atoms with Crippen LogP contribution in [0.1, 0.15) is 60.2 Å². The van der Waals surface area contributed by atoms with Crippen molar-refractivity contribution in [3.63, 3.8) is 0 Å². The Bertz CT molecular complexity index is 619. The van der Waals surface area contributed by atoms with Crippen LogP contribution >= 0.6 is 0 Å². The van der Waals surface area contributed by atoms with Crippen LogP contribution in [0.5, 0.6) is 0 Å². The quantitative estimate of drug-likeness (QED) is 0.766. The van der Waals surface area contributed by atoms with Gasteiger partial charge >= 0.3 is 0 Å². The highest BCUT2D eigenvalue weighted by atomic mass is 16.1. The molecule has 1 heterocycles. The second kappa shape index (κ2) is 7.39. The van der Waals surface area contributed by atoms with Gasteiger partial charge in [0.25, 0.3) is 5.56 Å². The summed E-state index contributed by atoms with van der Waals surface area (Å²) in [5, 5.41) is 0.644. The molecular formula is C18H28N2O. The zero-order valence-corrected chi connectivity index (χ0v) is 14.2. The van der Waals surface area contributed by atoms with Gasteiger partial charge in [-0.25, -0.2) is 4.98 Å². The summed E-state index contributed by atoms with van der Waals surface area (Å²) in [6.07, 6.45) is 2.97. The largest absolute Gasteiger partial charge is 0.310 e. The first-order valence-electron chi connectivity index (χ1n) is 7.87. The molecule has 1 aromatic carbocycles. The molecule has 0 spiro atoms. The molecule has 0 unspecified atom stereocenters. The average Bonchev–Trinajstić information content (AvgIpc) is 3.23. The third kappa shape index (κ3) is 5.33. The molecule has 3 nitrogen and oxygen atoms in total. The predicted molar refractivity (Wildman–Crippen MR) is 90.8 cm³/mol. The van der Waals surface area contributed by atoms with E-state index in [1.165, 1.54) is 12.8 Å². The van der Waals surface area contributed by atoms with Gasteiger partial charge in [-0.3, -0.25) is 4.79 Å². The minimum Gasteiger partial charge on any atom is -0.310 e. The molecule has 1 aliphatic rings. The first-order chi connectivity index (χ1) is 9.88. The van der Waals surface area contributed by atoms with Crippen LogP contribution in [0, 0.1) is 5.92 Å². The van der Waals surface area contributed by atoms with E-state index in [-0.39, 0.29) is 11.0 Å². The number of para-hydroxylation sites is 1. The minimum absolute atomic E-state index is 0.0643. The molecule has 1 N–H and O–H groups in total. The van der Waals surface area contributed by atoms with Crippen molar-refractivity contribution in [3.05, 3.63) is 40.4 Å². The molecule has 1 aromatic heterocycles. The van der Waals surface area contributed by atoms with Crippen molar-refractivity contribution in [2.45, 2.75) is 59.8 Å². The Morgan fingerprint density at radius 2 is 1.67 bits per heavy atom. The summed E-state index contributed by atoms with van der Waals surface area (Å²) in [5.41, 5.74) is 0.556. The van der Waals surface area contributed by atoms with Gasteiger partial charge in [0.2, 0.25) is 0 Å². The van der Waals surface area contributed by atoms with Gasteiger partial charge in [0.1, 0.15) is 5.82 Å². The van der Waals surface area contributed by atoms with E-state index in [2.05, 4.69) is 16.9 Å². The van der Waals surface area contributed by atoms with Gasteiger partial charge in [0.15, 0.2) is 0 Å².